The van der Waals surface area contributed by atoms with E-state index in [0.29, 0.717) is 13.1 Å². The number of hydrogen-bond acceptors (Lipinski definition) is 4. The minimum absolute atomic E-state index is 0.368. The van der Waals surface area contributed by atoms with E-state index in [4.69, 9.17) is 14.8 Å². The first kappa shape index (κ1) is 12.1. The molecule has 0 bridgehead atoms. The van der Waals surface area contributed by atoms with E-state index in [2.05, 4.69) is 0 Å². The quantitative estimate of drug-likeness (QED) is 0.609. The Morgan fingerprint density at radius 3 is 2.40 bits per heavy atom. The summed E-state index contributed by atoms with van der Waals surface area (Å²) in [6.45, 7) is 6.23. The highest BCUT2D eigenvalue weighted by molar-refractivity contribution is 6.47. The van der Waals surface area contributed by atoms with Crippen LogP contribution in [-0.4, -0.2) is 46.9 Å². The molecule has 5 nitrogen and oxygen atoms in total. The van der Waals surface area contributed by atoms with E-state index in [1.54, 1.807) is 20.8 Å². The van der Waals surface area contributed by atoms with Crippen molar-refractivity contribution in [3.8, 4) is 0 Å². The van der Waals surface area contributed by atoms with Crippen molar-refractivity contribution in [3.05, 3.63) is 11.5 Å². The number of hydrogen-bond donors (Lipinski definition) is 2. The third kappa shape index (κ3) is 3.93. The van der Waals surface area contributed by atoms with E-state index >= 15 is 0 Å². The zero-order chi connectivity index (χ0) is 11.6. The second-order valence-corrected chi connectivity index (χ2v) is 4.57. The largest absolute Gasteiger partial charge is 0.480 e. The molecule has 0 saturated carbocycles. The van der Waals surface area contributed by atoms with Crippen LogP contribution in [0.5, 0.6) is 0 Å². The van der Waals surface area contributed by atoms with Crippen LogP contribution in [-0.2, 0) is 4.74 Å². The Morgan fingerprint density at radius 1 is 1.47 bits per heavy atom. The third-order valence-corrected chi connectivity index (χ3v) is 1.82. The lowest BCUT2D eigenvalue weighted by molar-refractivity contribution is 0.0214. The molecule has 15 heavy (non-hydrogen) atoms. The van der Waals surface area contributed by atoms with Gasteiger partial charge in [0.15, 0.2) is 0 Å². The highest BCUT2D eigenvalue weighted by atomic mass is 16.6. The molecule has 84 valence electrons. The molecule has 1 rings (SSSR count). The highest BCUT2D eigenvalue weighted by Crippen LogP contribution is 2.18. The second-order valence-electron chi connectivity index (χ2n) is 4.57. The molecular weight excluding hydrogens is 197 g/mol. The van der Waals surface area contributed by atoms with Crippen LogP contribution in [0.4, 0.5) is 4.79 Å². The van der Waals surface area contributed by atoms with Crippen LogP contribution in [0.2, 0.25) is 0 Å². The fraction of sp³-hybridized carbons (Fsp3) is 0.667. The Hall–Kier alpha value is -1.01. The van der Waals surface area contributed by atoms with Crippen molar-refractivity contribution in [2.75, 3.05) is 13.1 Å². The standard InChI is InChI=1S/C9H16BNO4/c1-9(2,3)15-8(12)11-5-7(6-11)4-10(13)14/h4,13-14H,5-6H2,1-3H3. The van der Waals surface area contributed by atoms with Gasteiger partial charge in [-0.15, -0.1) is 0 Å². The lowest BCUT2D eigenvalue weighted by Crippen LogP contribution is -2.47. The minimum Gasteiger partial charge on any atom is -0.444 e. The summed E-state index contributed by atoms with van der Waals surface area (Å²) in [6.07, 6.45) is -0.368. The first-order chi connectivity index (χ1) is 6.78. The summed E-state index contributed by atoms with van der Waals surface area (Å²) in [4.78, 5) is 12.9. The Kier molecular flexibility index (Phi) is 3.41. The van der Waals surface area contributed by atoms with E-state index in [1.807, 2.05) is 0 Å². The normalized spacial score (nSPS) is 15.8. The number of ether oxygens (including phenoxy) is 1. The molecule has 1 heterocycles. The van der Waals surface area contributed by atoms with E-state index < -0.39 is 12.7 Å². The van der Waals surface area contributed by atoms with E-state index in [0.717, 1.165) is 5.57 Å². The Balaban J connectivity index is 2.36. The van der Waals surface area contributed by atoms with Gasteiger partial charge in [-0.05, 0) is 26.3 Å². The van der Waals surface area contributed by atoms with Gasteiger partial charge in [-0.1, -0.05) is 5.98 Å². The van der Waals surface area contributed by atoms with Crippen LogP contribution >= 0.6 is 0 Å². The Bertz CT molecular complexity index is 274. The van der Waals surface area contributed by atoms with Crippen molar-refractivity contribution in [2.45, 2.75) is 26.4 Å². The summed E-state index contributed by atoms with van der Waals surface area (Å²) in [5, 5.41) is 17.3. The number of carbonyl (C=O) groups is 1. The maximum atomic E-state index is 11.4. The molecule has 0 aromatic carbocycles. The SMILES string of the molecule is CC(C)(C)OC(=O)N1CC(=CB(O)O)C1. The average molecular weight is 213 g/mol. The van der Waals surface area contributed by atoms with Gasteiger partial charge in [0.05, 0.1) is 0 Å². The monoisotopic (exact) mass is 213 g/mol. The Labute approximate surface area is 89.5 Å². The van der Waals surface area contributed by atoms with Gasteiger partial charge in [-0.25, -0.2) is 4.79 Å². The topological polar surface area (TPSA) is 70.0 Å². The molecular formula is C9H16BNO4. The molecule has 1 amide bonds. The van der Waals surface area contributed by atoms with Gasteiger partial charge in [0.1, 0.15) is 5.60 Å². The van der Waals surface area contributed by atoms with Gasteiger partial charge >= 0.3 is 13.2 Å². The van der Waals surface area contributed by atoms with Crippen molar-refractivity contribution < 1.29 is 19.6 Å². The zero-order valence-corrected chi connectivity index (χ0v) is 9.23. The van der Waals surface area contributed by atoms with Gasteiger partial charge in [0.2, 0.25) is 0 Å². The van der Waals surface area contributed by atoms with Crippen LogP contribution in [0.25, 0.3) is 0 Å². The number of carbonyl (C=O) groups excluding carboxylic acids is 1. The molecule has 0 aromatic heterocycles. The van der Waals surface area contributed by atoms with Gasteiger partial charge in [0, 0.05) is 13.1 Å². The molecule has 0 aliphatic carbocycles. The molecule has 1 saturated heterocycles. The van der Waals surface area contributed by atoms with Gasteiger partial charge in [-0.3, -0.25) is 0 Å². The van der Waals surface area contributed by atoms with Crippen molar-refractivity contribution in [2.24, 2.45) is 0 Å². The average Bonchev–Trinajstić information content (AvgIpc) is 1.91. The summed E-state index contributed by atoms with van der Waals surface area (Å²) in [5.41, 5.74) is 0.336. The molecule has 0 aromatic rings. The van der Waals surface area contributed by atoms with Gasteiger partial charge in [-0.2, -0.15) is 0 Å². The number of amides is 1. The lowest BCUT2D eigenvalue weighted by atomic mass is 9.86. The fourth-order valence-corrected chi connectivity index (χ4v) is 1.22. The summed E-state index contributed by atoms with van der Waals surface area (Å²) in [7, 11) is -1.44. The maximum absolute atomic E-state index is 11.4. The van der Waals surface area contributed by atoms with Crippen LogP contribution in [0.15, 0.2) is 11.5 Å². The predicted octanol–water partition coefficient (Wildman–Crippen LogP) is 0.176. The third-order valence-electron chi connectivity index (χ3n) is 1.82. The minimum atomic E-state index is -1.44. The molecule has 1 fully saturated rings. The smallest absolute Gasteiger partial charge is 0.444 e. The van der Waals surface area contributed by atoms with E-state index in [9.17, 15) is 4.79 Å². The number of nitrogens with zero attached hydrogens (tertiary/aromatic N) is 1. The summed E-state index contributed by atoms with van der Waals surface area (Å²) < 4.78 is 5.13. The maximum Gasteiger partial charge on any atom is 0.480 e. The highest BCUT2D eigenvalue weighted by Gasteiger charge is 2.29. The van der Waals surface area contributed by atoms with Crippen molar-refractivity contribution in [3.63, 3.8) is 0 Å². The van der Waals surface area contributed by atoms with Crippen molar-refractivity contribution in [1.82, 2.24) is 4.90 Å². The summed E-state index contributed by atoms with van der Waals surface area (Å²) in [5.74, 6) is 1.32. The van der Waals surface area contributed by atoms with Crippen LogP contribution in [0, 0.1) is 0 Å². The van der Waals surface area contributed by atoms with Gasteiger partial charge < -0.3 is 19.7 Å². The summed E-state index contributed by atoms with van der Waals surface area (Å²) in [6, 6.07) is 0. The molecule has 1 aliphatic heterocycles. The number of likely N-dealkylation sites (tertiary alicyclic amines) is 1. The van der Waals surface area contributed by atoms with Crippen LogP contribution in [0.3, 0.4) is 0 Å². The fourth-order valence-electron chi connectivity index (χ4n) is 1.22. The first-order valence-corrected chi connectivity index (χ1v) is 4.81. The number of rotatable bonds is 1. The zero-order valence-electron chi connectivity index (χ0n) is 9.23. The van der Waals surface area contributed by atoms with Crippen LogP contribution < -0.4 is 0 Å². The van der Waals surface area contributed by atoms with E-state index in [1.165, 1.54) is 10.9 Å². The van der Waals surface area contributed by atoms with E-state index in [-0.39, 0.29) is 6.09 Å². The lowest BCUT2D eigenvalue weighted by Gasteiger charge is -2.35. The first-order valence-electron chi connectivity index (χ1n) is 4.81. The molecule has 2 N–H and O–H groups in total. The molecule has 0 radical (unpaired) electrons. The van der Waals surface area contributed by atoms with Crippen LogP contribution in [0.1, 0.15) is 20.8 Å². The molecule has 0 unspecified atom stereocenters. The Morgan fingerprint density at radius 2 is 2.00 bits per heavy atom. The summed E-state index contributed by atoms with van der Waals surface area (Å²) >= 11 is 0. The van der Waals surface area contributed by atoms with Crippen molar-refractivity contribution >= 4 is 13.2 Å². The molecule has 1 aliphatic rings. The van der Waals surface area contributed by atoms with Gasteiger partial charge in [0.25, 0.3) is 0 Å². The molecule has 0 atom stereocenters. The second kappa shape index (κ2) is 4.24. The van der Waals surface area contributed by atoms with Crippen molar-refractivity contribution in [1.29, 1.82) is 0 Å². The molecule has 0 spiro atoms. The molecule has 6 heteroatoms. The predicted molar refractivity (Wildman–Crippen MR) is 56.1 cm³/mol.